The lowest BCUT2D eigenvalue weighted by Gasteiger charge is -2.37. The fraction of sp³-hybridized carbons (Fsp3) is 0.688. The van der Waals surface area contributed by atoms with Gasteiger partial charge >= 0.3 is 0 Å². The van der Waals surface area contributed by atoms with E-state index in [0.29, 0.717) is 23.8 Å². The highest BCUT2D eigenvalue weighted by Gasteiger charge is 2.28. The van der Waals surface area contributed by atoms with E-state index in [9.17, 15) is 4.39 Å². The number of aromatic nitrogens is 1. The van der Waals surface area contributed by atoms with E-state index in [1.54, 1.807) is 12.3 Å². The van der Waals surface area contributed by atoms with Gasteiger partial charge in [-0.15, -0.1) is 0 Å². The van der Waals surface area contributed by atoms with Gasteiger partial charge in [-0.3, -0.25) is 0 Å². The maximum atomic E-state index is 14.6. The number of anilines is 1. The van der Waals surface area contributed by atoms with Crippen LogP contribution in [0.25, 0.3) is 0 Å². The van der Waals surface area contributed by atoms with Crippen LogP contribution >= 0.6 is 0 Å². The van der Waals surface area contributed by atoms with E-state index in [0.717, 1.165) is 31.5 Å². The second-order valence-corrected chi connectivity index (χ2v) is 6.91. The fourth-order valence-corrected chi connectivity index (χ4v) is 2.69. The lowest BCUT2D eigenvalue weighted by molar-refractivity contribution is 0.278. The SMILES string of the molecule is CC1(C)CCN(c2nccc(CNC3CC3)c2F)CC1. The number of hydrogen-bond donors (Lipinski definition) is 1. The first-order valence-corrected chi connectivity index (χ1v) is 7.67. The number of rotatable bonds is 4. The summed E-state index contributed by atoms with van der Waals surface area (Å²) in [5.41, 5.74) is 1.12. The summed E-state index contributed by atoms with van der Waals surface area (Å²) in [7, 11) is 0. The molecular formula is C16H24FN3. The summed E-state index contributed by atoms with van der Waals surface area (Å²) >= 11 is 0. The molecule has 3 nitrogen and oxygen atoms in total. The second kappa shape index (κ2) is 5.32. The monoisotopic (exact) mass is 277 g/mol. The van der Waals surface area contributed by atoms with E-state index in [1.165, 1.54) is 12.8 Å². The van der Waals surface area contributed by atoms with Crippen molar-refractivity contribution in [1.29, 1.82) is 0 Å². The molecule has 2 heterocycles. The zero-order valence-electron chi connectivity index (χ0n) is 12.5. The summed E-state index contributed by atoms with van der Waals surface area (Å²) < 4.78 is 14.6. The molecule has 1 saturated carbocycles. The van der Waals surface area contributed by atoms with Gasteiger partial charge in [0.15, 0.2) is 11.6 Å². The molecule has 2 aliphatic rings. The number of piperidine rings is 1. The van der Waals surface area contributed by atoms with Crippen molar-refractivity contribution in [2.24, 2.45) is 5.41 Å². The Morgan fingerprint density at radius 1 is 1.35 bits per heavy atom. The molecule has 0 radical (unpaired) electrons. The lowest BCUT2D eigenvalue weighted by atomic mass is 9.83. The van der Waals surface area contributed by atoms with Crippen molar-refractivity contribution in [3.63, 3.8) is 0 Å². The van der Waals surface area contributed by atoms with Crippen LogP contribution < -0.4 is 10.2 Å². The van der Waals surface area contributed by atoms with Crippen molar-refractivity contribution < 1.29 is 4.39 Å². The van der Waals surface area contributed by atoms with E-state index >= 15 is 0 Å². The molecule has 0 amide bonds. The topological polar surface area (TPSA) is 28.2 Å². The molecule has 0 aromatic carbocycles. The molecule has 1 aromatic heterocycles. The van der Waals surface area contributed by atoms with Crippen LogP contribution in [0.2, 0.25) is 0 Å². The van der Waals surface area contributed by atoms with Gasteiger partial charge in [-0.1, -0.05) is 13.8 Å². The molecule has 20 heavy (non-hydrogen) atoms. The smallest absolute Gasteiger partial charge is 0.170 e. The summed E-state index contributed by atoms with van der Waals surface area (Å²) in [6.45, 7) is 6.98. The van der Waals surface area contributed by atoms with Crippen LogP contribution in [0, 0.1) is 11.2 Å². The van der Waals surface area contributed by atoms with Gasteiger partial charge in [0.2, 0.25) is 0 Å². The quantitative estimate of drug-likeness (QED) is 0.916. The van der Waals surface area contributed by atoms with E-state index in [-0.39, 0.29) is 5.82 Å². The molecule has 1 aromatic rings. The molecule has 0 atom stereocenters. The van der Waals surface area contributed by atoms with Crippen LogP contribution in [0.5, 0.6) is 0 Å². The average Bonchev–Trinajstić information content (AvgIpc) is 3.22. The third-order valence-corrected chi connectivity index (χ3v) is 4.53. The molecule has 0 unspecified atom stereocenters. The number of nitrogens with one attached hydrogen (secondary N) is 1. The molecule has 0 spiro atoms. The fourth-order valence-electron chi connectivity index (χ4n) is 2.69. The summed E-state index contributed by atoms with van der Waals surface area (Å²) in [6.07, 6.45) is 6.38. The highest BCUT2D eigenvalue weighted by molar-refractivity contribution is 5.43. The Bertz CT molecular complexity index is 473. The summed E-state index contributed by atoms with van der Waals surface area (Å²) in [6, 6.07) is 2.39. The number of nitrogens with zero attached hydrogens (tertiary/aromatic N) is 2. The maximum Gasteiger partial charge on any atom is 0.170 e. The lowest BCUT2D eigenvalue weighted by Crippen LogP contribution is -2.38. The van der Waals surface area contributed by atoms with Gasteiger partial charge in [0.1, 0.15) is 0 Å². The van der Waals surface area contributed by atoms with Crippen LogP contribution in [-0.2, 0) is 6.54 Å². The Morgan fingerprint density at radius 2 is 2.05 bits per heavy atom. The Balaban J connectivity index is 1.70. The van der Waals surface area contributed by atoms with Gasteiger partial charge in [-0.25, -0.2) is 9.37 Å². The Hall–Kier alpha value is -1.16. The zero-order chi connectivity index (χ0) is 14.2. The van der Waals surface area contributed by atoms with Crippen molar-refractivity contribution in [1.82, 2.24) is 10.3 Å². The third-order valence-electron chi connectivity index (χ3n) is 4.53. The zero-order valence-corrected chi connectivity index (χ0v) is 12.5. The summed E-state index contributed by atoms with van der Waals surface area (Å²) in [5.74, 6) is 0.399. The summed E-state index contributed by atoms with van der Waals surface area (Å²) in [5, 5.41) is 3.37. The minimum Gasteiger partial charge on any atom is -0.354 e. The molecule has 3 rings (SSSR count). The minimum atomic E-state index is -0.139. The first-order valence-electron chi connectivity index (χ1n) is 7.67. The number of halogens is 1. The average molecular weight is 277 g/mol. The van der Waals surface area contributed by atoms with E-state index < -0.39 is 0 Å². The first kappa shape index (κ1) is 13.8. The van der Waals surface area contributed by atoms with Gasteiger partial charge in [0, 0.05) is 37.4 Å². The van der Waals surface area contributed by atoms with Crippen molar-refractivity contribution in [2.45, 2.75) is 52.1 Å². The van der Waals surface area contributed by atoms with Gasteiger partial charge < -0.3 is 10.2 Å². The van der Waals surface area contributed by atoms with E-state index in [2.05, 4.69) is 29.0 Å². The van der Waals surface area contributed by atoms with Crippen LogP contribution in [0.1, 0.15) is 45.1 Å². The molecular weight excluding hydrogens is 253 g/mol. The van der Waals surface area contributed by atoms with Crippen molar-refractivity contribution in [2.75, 3.05) is 18.0 Å². The van der Waals surface area contributed by atoms with Crippen molar-refractivity contribution in [3.8, 4) is 0 Å². The summed E-state index contributed by atoms with van der Waals surface area (Å²) in [4.78, 5) is 6.37. The second-order valence-electron chi connectivity index (χ2n) is 6.91. The van der Waals surface area contributed by atoms with E-state index in [4.69, 9.17) is 0 Å². The predicted octanol–water partition coefficient (Wildman–Crippen LogP) is 3.10. The Morgan fingerprint density at radius 3 is 2.70 bits per heavy atom. The molecule has 110 valence electrons. The predicted molar refractivity (Wildman–Crippen MR) is 79.3 cm³/mol. The molecule has 1 aliphatic heterocycles. The van der Waals surface area contributed by atoms with Crippen molar-refractivity contribution in [3.05, 3.63) is 23.6 Å². The van der Waals surface area contributed by atoms with Crippen LogP contribution in [0.3, 0.4) is 0 Å². The molecule has 1 saturated heterocycles. The molecule has 1 aliphatic carbocycles. The van der Waals surface area contributed by atoms with Crippen LogP contribution in [-0.4, -0.2) is 24.1 Å². The number of hydrogen-bond acceptors (Lipinski definition) is 3. The molecule has 1 N–H and O–H groups in total. The van der Waals surface area contributed by atoms with Gasteiger partial charge in [0.05, 0.1) is 0 Å². The van der Waals surface area contributed by atoms with Gasteiger partial charge in [0.25, 0.3) is 0 Å². The van der Waals surface area contributed by atoms with Crippen molar-refractivity contribution >= 4 is 5.82 Å². The first-order chi connectivity index (χ1) is 9.55. The minimum absolute atomic E-state index is 0.139. The molecule has 4 heteroatoms. The normalized spacial score (nSPS) is 22.1. The third kappa shape index (κ3) is 3.11. The van der Waals surface area contributed by atoms with Crippen LogP contribution in [0.15, 0.2) is 12.3 Å². The van der Waals surface area contributed by atoms with Gasteiger partial charge in [-0.2, -0.15) is 0 Å². The highest BCUT2D eigenvalue weighted by Crippen LogP contribution is 2.32. The maximum absolute atomic E-state index is 14.6. The molecule has 0 bridgehead atoms. The molecule has 2 fully saturated rings. The Labute approximate surface area is 120 Å². The largest absolute Gasteiger partial charge is 0.354 e. The highest BCUT2D eigenvalue weighted by atomic mass is 19.1. The number of pyridine rings is 1. The Kier molecular flexibility index (Phi) is 3.67. The van der Waals surface area contributed by atoms with Gasteiger partial charge in [-0.05, 0) is 37.2 Å². The van der Waals surface area contributed by atoms with Crippen LogP contribution in [0.4, 0.5) is 10.2 Å². The standard InChI is InChI=1S/C16H24FN3/c1-16(2)6-9-20(10-7-16)15-14(17)12(5-8-18-15)11-19-13-3-4-13/h5,8,13,19H,3-4,6-7,9-11H2,1-2H3. The van der Waals surface area contributed by atoms with E-state index in [1.807, 2.05) is 0 Å².